The van der Waals surface area contributed by atoms with Crippen LogP contribution in [0.25, 0.3) is 0 Å². The van der Waals surface area contributed by atoms with Crippen LogP contribution in [0.15, 0.2) is 0 Å². The highest BCUT2D eigenvalue weighted by Crippen LogP contribution is 2.41. The summed E-state index contributed by atoms with van der Waals surface area (Å²) in [6, 6.07) is 0. The summed E-state index contributed by atoms with van der Waals surface area (Å²) >= 11 is 0. The largest absolute Gasteiger partial charge is 0.307 e. The van der Waals surface area contributed by atoms with E-state index in [1.807, 2.05) is 6.79 Å². The van der Waals surface area contributed by atoms with Crippen molar-refractivity contribution in [3.8, 4) is 0 Å². The molecule has 1 rings (SSSR count). The van der Waals surface area contributed by atoms with Gasteiger partial charge in [-0.2, -0.15) is 0 Å². The topological polar surface area (TPSA) is 17.1 Å². The summed E-state index contributed by atoms with van der Waals surface area (Å²) in [6.45, 7) is 9.13. The predicted octanol–water partition coefficient (Wildman–Crippen LogP) is 2.65. The van der Waals surface area contributed by atoms with Crippen LogP contribution in [0.2, 0.25) is 0 Å². The highest BCUT2D eigenvalue weighted by molar-refractivity contribution is 5.10. The summed E-state index contributed by atoms with van der Waals surface area (Å²) in [7, 11) is 0. The number of hydrogen-bond donors (Lipinski definition) is 0. The van der Waals surface area contributed by atoms with Gasteiger partial charge in [0.15, 0.2) is 0 Å². The van der Waals surface area contributed by atoms with E-state index in [4.69, 9.17) is 4.79 Å². The molecule has 0 spiro atoms. The van der Waals surface area contributed by atoms with Crippen molar-refractivity contribution in [2.75, 3.05) is 0 Å². The van der Waals surface area contributed by atoms with Crippen molar-refractivity contribution in [3.05, 3.63) is 0 Å². The van der Waals surface area contributed by atoms with E-state index in [-0.39, 0.29) is 0 Å². The zero-order chi connectivity index (χ0) is 8.20. The molecular weight excluding hydrogens is 124 g/mol. The summed E-state index contributed by atoms with van der Waals surface area (Å²) in [5.41, 5.74) is 0.653. The van der Waals surface area contributed by atoms with Crippen LogP contribution < -0.4 is 0 Å². The third kappa shape index (κ3) is 2.13. The molecule has 60 valence electrons. The van der Waals surface area contributed by atoms with E-state index in [1.54, 1.807) is 0 Å². The van der Waals surface area contributed by atoms with Gasteiger partial charge in [-0.25, -0.2) is 0 Å². The van der Waals surface area contributed by atoms with Gasteiger partial charge in [-0.05, 0) is 17.8 Å². The third-order valence-electron chi connectivity index (χ3n) is 2.79. The van der Waals surface area contributed by atoms with Crippen molar-refractivity contribution in [2.45, 2.75) is 40.0 Å². The molecule has 0 N–H and O–H groups in total. The van der Waals surface area contributed by atoms with Crippen molar-refractivity contribution >= 4 is 6.79 Å². The summed E-state index contributed by atoms with van der Waals surface area (Å²) in [4.78, 5) is 8.00. The second kappa shape index (κ2) is 3.75. The van der Waals surface area contributed by atoms with Crippen LogP contribution in [-0.2, 0) is 4.79 Å². The summed E-state index contributed by atoms with van der Waals surface area (Å²) in [5, 5.41) is 0. The van der Waals surface area contributed by atoms with Gasteiger partial charge in [0, 0.05) is 0 Å². The molecule has 1 fully saturated rings. The fraction of sp³-hybridized carbons (Fsp3) is 0.889. The molecule has 1 heteroatoms. The molecule has 0 aromatic carbocycles. The average Bonchev–Trinajstić information content (AvgIpc) is 2.17. The normalized spacial score (nSPS) is 28.9. The summed E-state index contributed by atoms with van der Waals surface area (Å²) in [5.74, 6) is 0.961. The predicted molar refractivity (Wildman–Crippen MR) is 43.9 cm³/mol. The minimum Gasteiger partial charge on any atom is -0.307 e. The number of carbonyl (C=O) groups excluding carboxylic acids is 1. The SMILES string of the molecule is C=O.CC1CCCC1(C)C. The lowest BCUT2D eigenvalue weighted by Crippen LogP contribution is -2.13. The van der Waals surface area contributed by atoms with Crippen molar-refractivity contribution < 1.29 is 4.79 Å². The minimum absolute atomic E-state index is 0.653. The van der Waals surface area contributed by atoms with Crippen LogP contribution in [0.5, 0.6) is 0 Å². The first-order valence-electron chi connectivity index (χ1n) is 3.92. The van der Waals surface area contributed by atoms with Crippen LogP contribution in [0.3, 0.4) is 0 Å². The number of rotatable bonds is 0. The van der Waals surface area contributed by atoms with Crippen molar-refractivity contribution in [2.24, 2.45) is 11.3 Å². The molecule has 1 aliphatic rings. The van der Waals surface area contributed by atoms with Crippen molar-refractivity contribution in [3.63, 3.8) is 0 Å². The molecule has 0 radical (unpaired) electrons. The van der Waals surface area contributed by atoms with Gasteiger partial charge in [0.1, 0.15) is 6.79 Å². The second-order valence-corrected chi connectivity index (χ2v) is 3.78. The van der Waals surface area contributed by atoms with Crippen LogP contribution in [0.4, 0.5) is 0 Å². The monoisotopic (exact) mass is 142 g/mol. The van der Waals surface area contributed by atoms with E-state index < -0.39 is 0 Å². The maximum atomic E-state index is 8.00. The molecule has 1 unspecified atom stereocenters. The number of carbonyl (C=O) groups is 1. The van der Waals surface area contributed by atoms with Gasteiger partial charge in [-0.1, -0.05) is 33.6 Å². The van der Waals surface area contributed by atoms with E-state index in [0.29, 0.717) is 5.41 Å². The Morgan fingerprint density at radius 3 is 2.00 bits per heavy atom. The van der Waals surface area contributed by atoms with Gasteiger partial charge in [-0.3, -0.25) is 0 Å². The highest BCUT2D eigenvalue weighted by atomic mass is 16.1. The number of hydrogen-bond acceptors (Lipinski definition) is 1. The quantitative estimate of drug-likeness (QED) is 0.508. The van der Waals surface area contributed by atoms with Crippen LogP contribution in [0, 0.1) is 11.3 Å². The molecule has 0 aromatic rings. The molecule has 0 bridgehead atoms. The second-order valence-electron chi connectivity index (χ2n) is 3.78. The van der Waals surface area contributed by atoms with Crippen molar-refractivity contribution in [1.29, 1.82) is 0 Å². The van der Waals surface area contributed by atoms with Crippen molar-refractivity contribution in [1.82, 2.24) is 0 Å². The Morgan fingerprint density at radius 1 is 1.40 bits per heavy atom. The van der Waals surface area contributed by atoms with Gasteiger partial charge >= 0.3 is 0 Å². The Bertz CT molecular complexity index is 96.9. The summed E-state index contributed by atoms with van der Waals surface area (Å²) in [6.07, 6.45) is 4.34. The van der Waals surface area contributed by atoms with Gasteiger partial charge in [0.05, 0.1) is 0 Å². The zero-order valence-electron chi connectivity index (χ0n) is 7.31. The van der Waals surface area contributed by atoms with Crippen LogP contribution >= 0.6 is 0 Å². The van der Waals surface area contributed by atoms with Gasteiger partial charge < -0.3 is 4.79 Å². The standard InChI is InChI=1S/C8H16.CH2O/c1-7-5-4-6-8(7,2)3;1-2/h7H,4-6H2,1-3H3;1H2. The molecule has 1 atom stereocenters. The Balaban J connectivity index is 0.000000371. The molecular formula is C9H18O. The molecule has 10 heavy (non-hydrogen) atoms. The fourth-order valence-corrected chi connectivity index (χ4v) is 1.50. The van der Waals surface area contributed by atoms with E-state index in [2.05, 4.69) is 20.8 Å². The Hall–Kier alpha value is -0.330. The highest BCUT2D eigenvalue weighted by Gasteiger charge is 2.30. The van der Waals surface area contributed by atoms with E-state index in [1.165, 1.54) is 19.3 Å². The van der Waals surface area contributed by atoms with Crippen LogP contribution in [-0.4, -0.2) is 6.79 Å². The lowest BCUT2D eigenvalue weighted by molar-refractivity contribution is -0.0979. The first-order valence-corrected chi connectivity index (χ1v) is 3.92. The van der Waals surface area contributed by atoms with Gasteiger partial charge in [0.2, 0.25) is 0 Å². The molecule has 0 heterocycles. The maximum Gasteiger partial charge on any atom is 0.106 e. The Morgan fingerprint density at radius 2 is 1.90 bits per heavy atom. The molecule has 1 aliphatic carbocycles. The lowest BCUT2D eigenvalue weighted by atomic mass is 9.83. The van der Waals surface area contributed by atoms with E-state index in [9.17, 15) is 0 Å². The molecule has 1 saturated carbocycles. The molecule has 0 aliphatic heterocycles. The van der Waals surface area contributed by atoms with E-state index in [0.717, 1.165) is 5.92 Å². The Labute approximate surface area is 63.8 Å². The fourth-order valence-electron chi connectivity index (χ4n) is 1.50. The molecule has 0 aromatic heterocycles. The zero-order valence-corrected chi connectivity index (χ0v) is 7.31. The lowest BCUT2D eigenvalue weighted by Gasteiger charge is -2.22. The van der Waals surface area contributed by atoms with Crippen LogP contribution in [0.1, 0.15) is 40.0 Å². The smallest absolute Gasteiger partial charge is 0.106 e. The maximum absolute atomic E-state index is 8.00. The Kier molecular flexibility index (Phi) is 3.62. The van der Waals surface area contributed by atoms with Gasteiger partial charge in [0.25, 0.3) is 0 Å². The molecule has 1 nitrogen and oxygen atoms in total. The first kappa shape index (κ1) is 9.67. The van der Waals surface area contributed by atoms with E-state index >= 15 is 0 Å². The summed E-state index contributed by atoms with van der Waals surface area (Å²) < 4.78 is 0. The minimum atomic E-state index is 0.653. The average molecular weight is 142 g/mol. The third-order valence-corrected chi connectivity index (χ3v) is 2.79. The molecule has 0 saturated heterocycles. The molecule has 0 amide bonds. The first-order chi connectivity index (χ1) is 4.63. The van der Waals surface area contributed by atoms with Gasteiger partial charge in [-0.15, -0.1) is 0 Å².